The van der Waals surface area contributed by atoms with Crippen molar-refractivity contribution in [2.45, 2.75) is 52.9 Å². The van der Waals surface area contributed by atoms with E-state index in [1.807, 2.05) is 11.9 Å². The van der Waals surface area contributed by atoms with Gasteiger partial charge in [0.05, 0.1) is 6.54 Å². The fraction of sp³-hybridized carbons (Fsp3) is 0.923. The SMILES string of the molecule is CN(CCCCCCC(C)(C)C)CC(=O)O. The Labute approximate surface area is 99.8 Å². The molecule has 0 aromatic carbocycles. The molecule has 0 fully saturated rings. The summed E-state index contributed by atoms with van der Waals surface area (Å²) in [5, 5.41) is 8.57. The largest absolute Gasteiger partial charge is 0.480 e. The predicted octanol–water partition coefficient (Wildman–Crippen LogP) is 3.00. The Morgan fingerprint density at radius 2 is 1.69 bits per heavy atom. The molecular formula is C13H27NO2. The van der Waals surface area contributed by atoms with Crippen molar-refractivity contribution in [3.05, 3.63) is 0 Å². The van der Waals surface area contributed by atoms with E-state index in [2.05, 4.69) is 20.8 Å². The number of likely N-dealkylation sites (N-methyl/N-ethyl adjacent to an activating group) is 1. The average molecular weight is 229 g/mol. The number of unbranched alkanes of at least 4 members (excludes halogenated alkanes) is 3. The van der Waals surface area contributed by atoms with Gasteiger partial charge in [0, 0.05) is 0 Å². The molecule has 16 heavy (non-hydrogen) atoms. The molecular weight excluding hydrogens is 202 g/mol. The van der Waals surface area contributed by atoms with Crippen LogP contribution in [0.15, 0.2) is 0 Å². The molecule has 0 aliphatic carbocycles. The second-order valence-corrected chi connectivity index (χ2v) is 5.86. The van der Waals surface area contributed by atoms with E-state index in [0.717, 1.165) is 13.0 Å². The lowest BCUT2D eigenvalue weighted by Gasteiger charge is -2.18. The van der Waals surface area contributed by atoms with E-state index >= 15 is 0 Å². The quantitative estimate of drug-likeness (QED) is 0.650. The van der Waals surface area contributed by atoms with Gasteiger partial charge in [0.1, 0.15) is 0 Å². The summed E-state index contributed by atoms with van der Waals surface area (Å²) < 4.78 is 0. The van der Waals surface area contributed by atoms with E-state index < -0.39 is 5.97 Å². The van der Waals surface area contributed by atoms with Gasteiger partial charge in [-0.15, -0.1) is 0 Å². The lowest BCUT2D eigenvalue weighted by Crippen LogP contribution is -2.26. The third-order valence-electron chi connectivity index (χ3n) is 2.62. The molecule has 0 aliphatic rings. The molecule has 0 amide bonds. The maximum atomic E-state index is 10.4. The Bertz CT molecular complexity index is 197. The van der Waals surface area contributed by atoms with Crippen LogP contribution in [0.3, 0.4) is 0 Å². The van der Waals surface area contributed by atoms with Crippen molar-refractivity contribution in [2.75, 3.05) is 20.1 Å². The number of carbonyl (C=O) groups is 1. The fourth-order valence-electron chi connectivity index (χ4n) is 1.70. The molecule has 0 saturated carbocycles. The highest BCUT2D eigenvalue weighted by molar-refractivity contribution is 5.68. The zero-order valence-electron chi connectivity index (χ0n) is 11.3. The highest BCUT2D eigenvalue weighted by Gasteiger charge is 2.09. The summed E-state index contributed by atoms with van der Waals surface area (Å²) in [5.74, 6) is -0.741. The van der Waals surface area contributed by atoms with Gasteiger partial charge in [-0.2, -0.15) is 0 Å². The van der Waals surface area contributed by atoms with Crippen LogP contribution in [0.5, 0.6) is 0 Å². The summed E-state index contributed by atoms with van der Waals surface area (Å²) in [6, 6.07) is 0. The van der Waals surface area contributed by atoms with Crippen molar-refractivity contribution in [2.24, 2.45) is 5.41 Å². The van der Waals surface area contributed by atoms with E-state index in [0.29, 0.717) is 5.41 Å². The molecule has 0 spiro atoms. The van der Waals surface area contributed by atoms with Crippen LogP contribution in [0.25, 0.3) is 0 Å². The van der Waals surface area contributed by atoms with Gasteiger partial charge >= 0.3 is 5.97 Å². The molecule has 0 rings (SSSR count). The first-order chi connectivity index (χ1) is 7.31. The molecule has 3 heteroatoms. The molecule has 3 nitrogen and oxygen atoms in total. The van der Waals surface area contributed by atoms with Crippen molar-refractivity contribution in [1.29, 1.82) is 0 Å². The van der Waals surface area contributed by atoms with Crippen LogP contribution in [-0.4, -0.2) is 36.1 Å². The molecule has 0 unspecified atom stereocenters. The molecule has 1 N–H and O–H groups in total. The van der Waals surface area contributed by atoms with E-state index in [-0.39, 0.29) is 6.54 Å². The van der Waals surface area contributed by atoms with Gasteiger partial charge < -0.3 is 5.11 Å². The summed E-state index contributed by atoms with van der Waals surface area (Å²) in [6.07, 6.45) is 6.14. The first kappa shape index (κ1) is 15.4. The van der Waals surface area contributed by atoms with Gasteiger partial charge in [0.2, 0.25) is 0 Å². The summed E-state index contributed by atoms with van der Waals surface area (Å²) in [7, 11) is 1.86. The zero-order chi connectivity index (χ0) is 12.6. The van der Waals surface area contributed by atoms with Crippen LogP contribution >= 0.6 is 0 Å². The van der Waals surface area contributed by atoms with Gasteiger partial charge in [-0.05, 0) is 31.8 Å². The molecule has 0 aromatic rings. The minimum Gasteiger partial charge on any atom is -0.480 e. The lowest BCUT2D eigenvalue weighted by atomic mass is 9.89. The number of aliphatic carboxylic acids is 1. The highest BCUT2D eigenvalue weighted by atomic mass is 16.4. The molecule has 0 saturated heterocycles. The molecule has 0 aliphatic heterocycles. The Kier molecular flexibility index (Phi) is 7.39. The Balaban J connectivity index is 3.30. The molecule has 0 radical (unpaired) electrons. The Morgan fingerprint density at radius 1 is 1.12 bits per heavy atom. The second kappa shape index (κ2) is 7.66. The third kappa shape index (κ3) is 11.5. The minimum atomic E-state index is -0.741. The van der Waals surface area contributed by atoms with Crippen molar-refractivity contribution < 1.29 is 9.90 Å². The summed E-state index contributed by atoms with van der Waals surface area (Å²) in [5.41, 5.74) is 0.445. The molecule has 0 atom stereocenters. The lowest BCUT2D eigenvalue weighted by molar-refractivity contribution is -0.137. The van der Waals surface area contributed by atoms with E-state index in [1.54, 1.807) is 0 Å². The molecule has 0 heterocycles. The topological polar surface area (TPSA) is 40.5 Å². The van der Waals surface area contributed by atoms with Crippen molar-refractivity contribution in [3.63, 3.8) is 0 Å². The molecule has 0 bridgehead atoms. The first-order valence-electron chi connectivity index (χ1n) is 6.21. The van der Waals surface area contributed by atoms with Crippen LogP contribution in [0, 0.1) is 5.41 Å². The van der Waals surface area contributed by atoms with Crippen molar-refractivity contribution in [1.82, 2.24) is 4.90 Å². The Morgan fingerprint density at radius 3 is 2.19 bits per heavy atom. The van der Waals surface area contributed by atoms with Crippen molar-refractivity contribution in [3.8, 4) is 0 Å². The van der Waals surface area contributed by atoms with Crippen LogP contribution < -0.4 is 0 Å². The van der Waals surface area contributed by atoms with Crippen LogP contribution in [-0.2, 0) is 4.79 Å². The van der Waals surface area contributed by atoms with E-state index in [1.165, 1.54) is 25.7 Å². The number of carboxylic acid groups (broad SMARTS) is 1. The standard InChI is InChI=1S/C13H27NO2/c1-13(2,3)9-7-5-6-8-10-14(4)11-12(15)16/h5-11H2,1-4H3,(H,15,16). The van der Waals surface area contributed by atoms with Gasteiger partial charge in [0.15, 0.2) is 0 Å². The fourth-order valence-corrected chi connectivity index (χ4v) is 1.70. The monoisotopic (exact) mass is 229 g/mol. The van der Waals surface area contributed by atoms with Crippen molar-refractivity contribution >= 4 is 5.97 Å². The minimum absolute atomic E-state index is 0.155. The number of hydrogen-bond acceptors (Lipinski definition) is 2. The number of carboxylic acids is 1. The number of hydrogen-bond donors (Lipinski definition) is 1. The Hall–Kier alpha value is -0.570. The summed E-state index contributed by atoms with van der Waals surface area (Å²) in [4.78, 5) is 12.3. The molecule has 96 valence electrons. The first-order valence-corrected chi connectivity index (χ1v) is 6.21. The van der Waals surface area contributed by atoms with Crippen LogP contribution in [0.2, 0.25) is 0 Å². The normalized spacial score (nSPS) is 12.1. The number of rotatable bonds is 8. The van der Waals surface area contributed by atoms with Gasteiger partial charge in [0.25, 0.3) is 0 Å². The third-order valence-corrected chi connectivity index (χ3v) is 2.62. The van der Waals surface area contributed by atoms with E-state index in [9.17, 15) is 4.79 Å². The molecule has 0 aromatic heterocycles. The van der Waals surface area contributed by atoms with Gasteiger partial charge in [-0.3, -0.25) is 9.69 Å². The summed E-state index contributed by atoms with van der Waals surface area (Å²) in [6.45, 7) is 7.86. The second-order valence-electron chi connectivity index (χ2n) is 5.86. The average Bonchev–Trinajstić information content (AvgIpc) is 2.07. The van der Waals surface area contributed by atoms with Crippen LogP contribution in [0.1, 0.15) is 52.9 Å². The summed E-state index contributed by atoms with van der Waals surface area (Å²) >= 11 is 0. The maximum Gasteiger partial charge on any atom is 0.317 e. The maximum absolute atomic E-state index is 10.4. The zero-order valence-corrected chi connectivity index (χ0v) is 11.3. The van der Waals surface area contributed by atoms with Gasteiger partial charge in [-0.1, -0.05) is 40.0 Å². The number of nitrogens with zero attached hydrogens (tertiary/aromatic N) is 1. The van der Waals surface area contributed by atoms with Crippen LogP contribution in [0.4, 0.5) is 0 Å². The smallest absolute Gasteiger partial charge is 0.317 e. The highest BCUT2D eigenvalue weighted by Crippen LogP contribution is 2.22. The van der Waals surface area contributed by atoms with Gasteiger partial charge in [-0.25, -0.2) is 0 Å². The predicted molar refractivity (Wildman–Crippen MR) is 67.7 cm³/mol. The van der Waals surface area contributed by atoms with E-state index in [4.69, 9.17) is 5.11 Å².